The summed E-state index contributed by atoms with van der Waals surface area (Å²) in [6.45, 7) is 3.50. The largest absolute Gasteiger partial charge is 0.469 e. The maximum absolute atomic E-state index is 11.5. The lowest BCUT2D eigenvalue weighted by Gasteiger charge is -2.27. The quantitative estimate of drug-likeness (QED) is 0.760. The second-order valence-corrected chi connectivity index (χ2v) is 3.95. The van der Waals surface area contributed by atoms with Crippen molar-refractivity contribution in [3.05, 3.63) is 30.1 Å². The van der Waals surface area contributed by atoms with Crippen molar-refractivity contribution in [2.24, 2.45) is 11.1 Å². The van der Waals surface area contributed by atoms with Gasteiger partial charge in [0.05, 0.1) is 24.3 Å². The Hall–Kier alpha value is -1.42. The average molecular weight is 208 g/mol. The molecule has 0 aromatic carbocycles. The summed E-state index contributed by atoms with van der Waals surface area (Å²) in [5.41, 5.74) is 5.90. The topological polar surface area (TPSA) is 65.2 Å². The van der Waals surface area contributed by atoms with Crippen LogP contribution in [-0.2, 0) is 9.53 Å². The molecule has 0 aliphatic heterocycles. The van der Waals surface area contributed by atoms with Crippen LogP contribution in [-0.4, -0.2) is 18.1 Å². The van der Waals surface area contributed by atoms with E-state index >= 15 is 0 Å². The van der Waals surface area contributed by atoms with E-state index in [-0.39, 0.29) is 5.97 Å². The van der Waals surface area contributed by atoms with E-state index in [0.29, 0.717) is 5.69 Å². The van der Waals surface area contributed by atoms with Crippen LogP contribution in [0, 0.1) is 5.41 Å². The Labute approximate surface area is 89.5 Å². The highest BCUT2D eigenvalue weighted by Gasteiger charge is 2.37. The van der Waals surface area contributed by atoms with Crippen LogP contribution in [0.4, 0.5) is 0 Å². The van der Waals surface area contributed by atoms with E-state index in [0.717, 1.165) is 0 Å². The molecule has 0 spiro atoms. The summed E-state index contributed by atoms with van der Waals surface area (Å²) >= 11 is 0. The lowest BCUT2D eigenvalue weighted by Crippen LogP contribution is -2.37. The third-order valence-electron chi connectivity index (χ3n) is 2.50. The molecule has 0 fully saturated rings. The maximum atomic E-state index is 11.5. The minimum absolute atomic E-state index is 0.333. The van der Waals surface area contributed by atoms with Gasteiger partial charge < -0.3 is 10.5 Å². The van der Waals surface area contributed by atoms with Crippen LogP contribution in [0.15, 0.2) is 24.4 Å². The van der Waals surface area contributed by atoms with Gasteiger partial charge in [0.15, 0.2) is 0 Å². The van der Waals surface area contributed by atoms with E-state index in [1.54, 1.807) is 32.2 Å². The van der Waals surface area contributed by atoms with Crippen molar-refractivity contribution in [2.75, 3.05) is 7.11 Å². The summed E-state index contributed by atoms with van der Waals surface area (Å²) in [6.07, 6.45) is 1.66. The third-order valence-corrected chi connectivity index (χ3v) is 2.50. The average Bonchev–Trinajstić information content (AvgIpc) is 2.28. The number of esters is 1. The fraction of sp³-hybridized carbons (Fsp3) is 0.455. The van der Waals surface area contributed by atoms with Crippen molar-refractivity contribution in [1.82, 2.24) is 4.98 Å². The van der Waals surface area contributed by atoms with E-state index in [2.05, 4.69) is 4.98 Å². The third kappa shape index (κ3) is 2.33. The molecule has 0 aliphatic rings. The van der Waals surface area contributed by atoms with Crippen molar-refractivity contribution >= 4 is 5.97 Å². The summed E-state index contributed by atoms with van der Waals surface area (Å²) < 4.78 is 4.71. The minimum atomic E-state index is -0.775. The van der Waals surface area contributed by atoms with Crippen LogP contribution in [0.3, 0.4) is 0 Å². The number of aromatic nitrogens is 1. The Kier molecular flexibility index (Phi) is 3.42. The number of carbonyl (C=O) groups excluding carboxylic acids is 1. The molecule has 4 nitrogen and oxygen atoms in total. The van der Waals surface area contributed by atoms with E-state index < -0.39 is 11.5 Å². The van der Waals surface area contributed by atoms with Gasteiger partial charge in [0.1, 0.15) is 0 Å². The first-order chi connectivity index (χ1) is 7.00. The molecule has 1 rings (SSSR count). The highest BCUT2D eigenvalue weighted by atomic mass is 16.5. The molecule has 15 heavy (non-hydrogen) atoms. The Bertz CT molecular complexity index is 336. The zero-order valence-corrected chi connectivity index (χ0v) is 9.23. The van der Waals surface area contributed by atoms with Crippen molar-refractivity contribution in [3.63, 3.8) is 0 Å². The summed E-state index contributed by atoms with van der Waals surface area (Å²) in [5, 5.41) is 0. The predicted octanol–water partition coefficient (Wildman–Crippen LogP) is 1.28. The first kappa shape index (κ1) is 11.7. The molecular weight excluding hydrogens is 192 g/mol. The molecule has 4 heteroatoms. The van der Waals surface area contributed by atoms with Gasteiger partial charge in [-0.3, -0.25) is 9.78 Å². The Morgan fingerprint density at radius 1 is 1.53 bits per heavy atom. The van der Waals surface area contributed by atoms with Gasteiger partial charge in [-0.2, -0.15) is 0 Å². The standard InChI is InChI=1S/C11H16N2O2/c1-11(2,10(14)15-3)9(12)8-6-4-5-7-13-8/h4-7,9H,12H2,1-3H3/t9-/m0/s1. The summed E-state index contributed by atoms with van der Waals surface area (Å²) in [6, 6.07) is 4.98. The van der Waals surface area contributed by atoms with Gasteiger partial charge in [0, 0.05) is 6.20 Å². The number of ether oxygens (including phenoxy) is 1. The second-order valence-electron chi connectivity index (χ2n) is 3.95. The van der Waals surface area contributed by atoms with Crippen LogP contribution < -0.4 is 5.73 Å². The number of hydrogen-bond donors (Lipinski definition) is 1. The monoisotopic (exact) mass is 208 g/mol. The van der Waals surface area contributed by atoms with E-state index in [4.69, 9.17) is 10.5 Å². The van der Waals surface area contributed by atoms with Gasteiger partial charge in [-0.1, -0.05) is 6.07 Å². The number of nitrogens with zero attached hydrogens (tertiary/aromatic N) is 1. The molecule has 1 heterocycles. The fourth-order valence-corrected chi connectivity index (χ4v) is 1.32. The van der Waals surface area contributed by atoms with Gasteiger partial charge >= 0.3 is 5.97 Å². The molecule has 0 bridgehead atoms. The first-order valence-electron chi connectivity index (χ1n) is 4.75. The van der Waals surface area contributed by atoms with Gasteiger partial charge in [0.25, 0.3) is 0 Å². The molecule has 82 valence electrons. The van der Waals surface area contributed by atoms with Gasteiger partial charge in [-0.05, 0) is 26.0 Å². The zero-order chi connectivity index (χ0) is 11.5. The van der Waals surface area contributed by atoms with Crippen LogP contribution in [0.25, 0.3) is 0 Å². The first-order valence-corrected chi connectivity index (χ1v) is 4.75. The van der Waals surface area contributed by atoms with E-state index in [1.165, 1.54) is 7.11 Å². The molecule has 0 unspecified atom stereocenters. The van der Waals surface area contributed by atoms with Crippen LogP contribution in [0.2, 0.25) is 0 Å². The molecule has 0 saturated carbocycles. The molecule has 1 aromatic heterocycles. The number of methoxy groups -OCH3 is 1. The second kappa shape index (κ2) is 4.40. The van der Waals surface area contributed by atoms with Crippen molar-refractivity contribution < 1.29 is 9.53 Å². The minimum Gasteiger partial charge on any atom is -0.469 e. The van der Waals surface area contributed by atoms with Crippen molar-refractivity contribution in [3.8, 4) is 0 Å². The summed E-state index contributed by atoms with van der Waals surface area (Å²) in [5.74, 6) is -0.333. The van der Waals surface area contributed by atoms with Crippen LogP contribution in [0.5, 0.6) is 0 Å². The molecule has 1 atom stereocenters. The maximum Gasteiger partial charge on any atom is 0.313 e. The number of rotatable bonds is 3. The zero-order valence-electron chi connectivity index (χ0n) is 9.23. The van der Waals surface area contributed by atoms with Crippen molar-refractivity contribution in [2.45, 2.75) is 19.9 Å². The van der Waals surface area contributed by atoms with Gasteiger partial charge in [0.2, 0.25) is 0 Å². The number of nitrogens with two attached hydrogens (primary N) is 1. The lowest BCUT2D eigenvalue weighted by atomic mass is 9.83. The van der Waals surface area contributed by atoms with Crippen LogP contribution in [0.1, 0.15) is 25.6 Å². The van der Waals surface area contributed by atoms with E-state index in [1.807, 2.05) is 6.07 Å². The van der Waals surface area contributed by atoms with E-state index in [9.17, 15) is 4.79 Å². The fourth-order valence-electron chi connectivity index (χ4n) is 1.32. The Morgan fingerprint density at radius 3 is 2.67 bits per heavy atom. The van der Waals surface area contributed by atoms with Crippen molar-refractivity contribution in [1.29, 1.82) is 0 Å². The molecule has 0 amide bonds. The predicted molar refractivity (Wildman–Crippen MR) is 57.0 cm³/mol. The molecule has 1 aromatic rings. The Morgan fingerprint density at radius 2 is 2.20 bits per heavy atom. The lowest BCUT2D eigenvalue weighted by molar-refractivity contribution is -0.152. The van der Waals surface area contributed by atoms with Gasteiger partial charge in [-0.25, -0.2) is 0 Å². The molecule has 0 aliphatic carbocycles. The summed E-state index contributed by atoms with van der Waals surface area (Å²) in [4.78, 5) is 15.6. The molecular formula is C11H16N2O2. The molecule has 2 N–H and O–H groups in total. The highest BCUT2D eigenvalue weighted by molar-refractivity contribution is 5.76. The number of carbonyl (C=O) groups is 1. The SMILES string of the molecule is COC(=O)C(C)(C)[C@@H](N)c1ccccn1. The molecule has 0 saturated heterocycles. The molecule has 0 radical (unpaired) electrons. The highest BCUT2D eigenvalue weighted by Crippen LogP contribution is 2.31. The smallest absolute Gasteiger partial charge is 0.313 e. The van der Waals surface area contributed by atoms with Crippen LogP contribution >= 0.6 is 0 Å². The normalized spacial score (nSPS) is 13.3. The Balaban J connectivity index is 2.94. The number of pyridine rings is 1. The summed E-state index contributed by atoms with van der Waals surface area (Å²) in [7, 11) is 1.36. The number of hydrogen-bond acceptors (Lipinski definition) is 4. The van der Waals surface area contributed by atoms with Gasteiger partial charge in [-0.15, -0.1) is 0 Å².